The van der Waals surface area contributed by atoms with Gasteiger partial charge in [-0.05, 0) is 6.92 Å². The number of ether oxygens (including phenoxy) is 2. The van der Waals surface area contributed by atoms with Crippen LogP contribution in [-0.2, 0) is 0 Å². The van der Waals surface area contributed by atoms with Crippen molar-refractivity contribution in [2.45, 2.75) is 19.7 Å². The van der Waals surface area contributed by atoms with E-state index in [1.54, 1.807) is 0 Å². The van der Waals surface area contributed by atoms with E-state index < -0.39 is 30.0 Å². The van der Waals surface area contributed by atoms with Gasteiger partial charge in [0, 0.05) is 11.8 Å². The van der Waals surface area contributed by atoms with E-state index in [2.05, 4.69) is 14.5 Å². The summed E-state index contributed by atoms with van der Waals surface area (Å²) >= 11 is 0. The van der Waals surface area contributed by atoms with Crippen LogP contribution in [-0.4, -0.2) is 18.5 Å². The third-order valence-corrected chi connectivity index (χ3v) is 1.82. The first-order chi connectivity index (χ1) is 7.76. The van der Waals surface area contributed by atoms with Gasteiger partial charge < -0.3 is 9.47 Å². The van der Waals surface area contributed by atoms with E-state index in [0.717, 1.165) is 13.3 Å². The Kier molecular flexibility index (Phi) is 3.74. The minimum Gasteiger partial charge on any atom is -0.491 e. The topological polar surface area (TPSA) is 31.4 Å². The van der Waals surface area contributed by atoms with Gasteiger partial charge in [0.2, 0.25) is 0 Å². The number of rotatable bonds is 3. The van der Waals surface area contributed by atoms with E-state index >= 15 is 0 Å². The first-order valence-corrected chi connectivity index (χ1v) is 4.33. The van der Waals surface area contributed by atoms with Crippen molar-refractivity contribution in [2.24, 2.45) is 0 Å². The van der Waals surface area contributed by atoms with Crippen LogP contribution >= 0.6 is 0 Å². The molecule has 0 aromatic carbocycles. The summed E-state index contributed by atoms with van der Waals surface area (Å²) in [6.07, 6.45) is -7.18. The Hall–Kier alpha value is -1.60. The Labute approximate surface area is 93.2 Å². The number of aryl methyl sites for hydroxylation is 1. The maximum atomic E-state index is 12.5. The van der Waals surface area contributed by atoms with Gasteiger partial charge in [0.25, 0.3) is 6.43 Å². The molecule has 0 bridgehead atoms. The molecule has 1 heterocycles. The summed E-state index contributed by atoms with van der Waals surface area (Å²) in [7, 11) is 0.964. The molecule has 0 amide bonds. The summed E-state index contributed by atoms with van der Waals surface area (Å²) in [6, 6.07) is 0. The Morgan fingerprint density at radius 3 is 2.24 bits per heavy atom. The second-order valence-electron chi connectivity index (χ2n) is 3.04. The molecule has 1 aromatic rings. The molecular weight excluding hydrogens is 249 g/mol. The molecule has 0 atom stereocenters. The molecule has 0 N–H and O–H groups in total. The second-order valence-corrected chi connectivity index (χ2v) is 3.04. The lowest BCUT2D eigenvalue weighted by molar-refractivity contribution is -0.275. The first-order valence-electron chi connectivity index (χ1n) is 4.33. The summed E-state index contributed by atoms with van der Waals surface area (Å²) < 4.78 is 69.4. The summed E-state index contributed by atoms with van der Waals surface area (Å²) in [5.41, 5.74) is -0.944. The van der Waals surface area contributed by atoms with Crippen LogP contribution in [0.5, 0.6) is 11.5 Å². The molecule has 0 saturated heterocycles. The summed E-state index contributed by atoms with van der Waals surface area (Å²) in [5, 5.41) is 0. The fraction of sp³-hybridized carbons (Fsp3) is 0.444. The molecule has 1 rings (SSSR count). The van der Waals surface area contributed by atoms with Crippen LogP contribution in [0, 0.1) is 6.92 Å². The van der Waals surface area contributed by atoms with Gasteiger partial charge in [-0.25, -0.2) is 8.78 Å². The van der Waals surface area contributed by atoms with Gasteiger partial charge >= 0.3 is 6.36 Å². The average Bonchev–Trinajstić information content (AvgIpc) is 2.18. The van der Waals surface area contributed by atoms with E-state index in [-0.39, 0.29) is 5.56 Å². The molecule has 8 heteroatoms. The highest BCUT2D eigenvalue weighted by molar-refractivity contribution is 5.48. The first kappa shape index (κ1) is 13.5. The lowest BCUT2D eigenvalue weighted by atomic mass is 10.2. The fourth-order valence-electron chi connectivity index (χ4n) is 1.17. The van der Waals surface area contributed by atoms with Gasteiger partial charge in [-0.2, -0.15) is 0 Å². The Morgan fingerprint density at radius 1 is 1.24 bits per heavy atom. The number of hydrogen-bond donors (Lipinski definition) is 0. The molecule has 3 nitrogen and oxygen atoms in total. The molecule has 0 radical (unpaired) electrons. The van der Waals surface area contributed by atoms with Crippen LogP contribution in [0.1, 0.15) is 17.7 Å². The number of nitrogens with zero attached hydrogens (tertiary/aromatic N) is 1. The minimum absolute atomic E-state index is 0.0522. The zero-order valence-corrected chi connectivity index (χ0v) is 8.81. The molecule has 0 fully saturated rings. The molecule has 1 aromatic heterocycles. The van der Waals surface area contributed by atoms with Crippen LogP contribution in [0.25, 0.3) is 0 Å². The van der Waals surface area contributed by atoms with Crippen molar-refractivity contribution in [1.82, 2.24) is 4.98 Å². The summed E-state index contributed by atoms with van der Waals surface area (Å²) in [6.45, 7) is 1.24. The third-order valence-electron chi connectivity index (χ3n) is 1.82. The second kappa shape index (κ2) is 4.72. The van der Waals surface area contributed by atoms with Gasteiger partial charge in [-0.15, -0.1) is 13.2 Å². The van der Waals surface area contributed by atoms with Gasteiger partial charge in [0.05, 0.1) is 7.11 Å². The number of aromatic nitrogens is 1. The molecular formula is C9H8F5NO2. The van der Waals surface area contributed by atoms with Gasteiger partial charge in [-0.3, -0.25) is 4.98 Å². The van der Waals surface area contributed by atoms with Crippen LogP contribution in [0.4, 0.5) is 22.0 Å². The normalized spacial score (nSPS) is 11.8. The van der Waals surface area contributed by atoms with Gasteiger partial charge in [0.1, 0.15) is 0 Å². The van der Waals surface area contributed by atoms with Crippen molar-refractivity contribution in [3.63, 3.8) is 0 Å². The zero-order chi connectivity index (χ0) is 13.2. The lowest BCUT2D eigenvalue weighted by Crippen LogP contribution is -2.19. The monoisotopic (exact) mass is 257 g/mol. The number of alkyl halides is 5. The summed E-state index contributed by atoms with van der Waals surface area (Å²) in [4.78, 5) is 3.32. The lowest BCUT2D eigenvalue weighted by Gasteiger charge is -2.16. The quantitative estimate of drug-likeness (QED) is 0.779. The maximum absolute atomic E-state index is 12.5. The number of halogens is 5. The maximum Gasteiger partial charge on any atom is 0.573 e. The van der Waals surface area contributed by atoms with Crippen molar-refractivity contribution in [3.8, 4) is 11.5 Å². The zero-order valence-electron chi connectivity index (χ0n) is 8.81. The highest BCUT2D eigenvalue weighted by Crippen LogP contribution is 2.40. The third kappa shape index (κ3) is 3.18. The fourth-order valence-corrected chi connectivity index (χ4v) is 1.17. The summed E-state index contributed by atoms with van der Waals surface area (Å²) in [5.74, 6) is -1.51. The Morgan fingerprint density at radius 2 is 1.82 bits per heavy atom. The van der Waals surface area contributed by atoms with Gasteiger partial charge in [0.15, 0.2) is 17.2 Å². The number of methoxy groups -OCH3 is 1. The minimum atomic E-state index is -4.99. The molecule has 17 heavy (non-hydrogen) atoms. The van der Waals surface area contributed by atoms with Crippen molar-refractivity contribution in [1.29, 1.82) is 0 Å². The molecule has 0 aliphatic carbocycles. The predicted octanol–water partition coefficient (Wildman–Crippen LogP) is 3.23. The standard InChI is InChI=1S/C9H8F5NO2/c1-4-3-15-5(8(10)11)7(16-2)6(4)17-9(12,13)14/h3,8H,1-2H3. The average molecular weight is 257 g/mol. The molecule has 0 unspecified atom stereocenters. The highest BCUT2D eigenvalue weighted by atomic mass is 19.4. The molecule has 0 aliphatic heterocycles. The highest BCUT2D eigenvalue weighted by Gasteiger charge is 2.35. The van der Waals surface area contributed by atoms with Crippen LogP contribution < -0.4 is 9.47 Å². The van der Waals surface area contributed by atoms with Crippen molar-refractivity contribution in [3.05, 3.63) is 17.5 Å². The van der Waals surface area contributed by atoms with Crippen molar-refractivity contribution >= 4 is 0 Å². The van der Waals surface area contributed by atoms with Crippen LogP contribution in [0.15, 0.2) is 6.20 Å². The number of hydrogen-bond acceptors (Lipinski definition) is 3. The van der Waals surface area contributed by atoms with E-state index in [0.29, 0.717) is 0 Å². The SMILES string of the molecule is COc1c(C(F)F)ncc(C)c1OC(F)(F)F. The Bertz CT molecular complexity index is 405. The smallest absolute Gasteiger partial charge is 0.491 e. The van der Waals surface area contributed by atoms with E-state index in [9.17, 15) is 22.0 Å². The van der Waals surface area contributed by atoms with E-state index in [1.807, 2.05) is 0 Å². The molecule has 0 spiro atoms. The van der Waals surface area contributed by atoms with Crippen LogP contribution in [0.3, 0.4) is 0 Å². The molecule has 96 valence electrons. The van der Waals surface area contributed by atoms with E-state index in [1.165, 1.54) is 6.92 Å². The van der Waals surface area contributed by atoms with E-state index in [4.69, 9.17) is 0 Å². The van der Waals surface area contributed by atoms with Crippen molar-refractivity contribution in [2.75, 3.05) is 7.11 Å². The predicted molar refractivity (Wildman–Crippen MR) is 47.2 cm³/mol. The molecule has 0 saturated carbocycles. The van der Waals surface area contributed by atoms with Crippen LogP contribution in [0.2, 0.25) is 0 Å². The number of pyridine rings is 1. The van der Waals surface area contributed by atoms with Gasteiger partial charge in [-0.1, -0.05) is 0 Å². The van der Waals surface area contributed by atoms with Crippen molar-refractivity contribution < 1.29 is 31.4 Å². The largest absolute Gasteiger partial charge is 0.573 e. The Balaban J connectivity index is 3.30. The molecule has 0 aliphatic rings.